The molecule has 1 radical (unpaired) electrons. The molecule has 1 rings (SSSR count). The first-order chi connectivity index (χ1) is 5.11. The average Bonchev–Trinajstić information content (AvgIpc) is 1.85. The zero-order chi connectivity index (χ0) is 8.43. The molecule has 0 saturated heterocycles. The van der Waals surface area contributed by atoms with Gasteiger partial charge < -0.3 is 0 Å². The van der Waals surface area contributed by atoms with Gasteiger partial charge in [-0.2, -0.15) is 0 Å². The van der Waals surface area contributed by atoms with Crippen LogP contribution in [0, 0.1) is 10.1 Å². The molecule has 0 heterocycles. The first-order valence-electron chi connectivity index (χ1n) is 2.72. The van der Waals surface area contributed by atoms with Crippen molar-refractivity contribution in [1.29, 1.82) is 0 Å². The first-order valence-corrected chi connectivity index (χ1v) is 3.92. The van der Waals surface area contributed by atoms with Crippen molar-refractivity contribution in [3.05, 3.63) is 32.8 Å². The third kappa shape index (κ3) is 7.29. The number of nitro benzene ring substituents is 1. The fourth-order valence-electron chi connectivity index (χ4n) is 0.639. The van der Waals surface area contributed by atoms with Crippen molar-refractivity contribution in [2.75, 3.05) is 0 Å². The summed E-state index contributed by atoms with van der Waals surface area (Å²) in [5, 5.41) is 10.3. The van der Waals surface area contributed by atoms with Crippen LogP contribution in [0.15, 0.2) is 27.6 Å². The number of benzene rings is 1. The molecule has 97 valence electrons. The minimum atomic E-state index is -0.491. The van der Waals surface area contributed by atoms with E-state index < -0.39 is 4.92 Å². The molecule has 0 aliphatic rings. The molecule has 0 saturated carbocycles. The van der Waals surface area contributed by atoms with Crippen molar-refractivity contribution in [3.63, 3.8) is 0 Å². The van der Waals surface area contributed by atoms with E-state index in [0.717, 1.165) is 4.47 Å². The van der Waals surface area contributed by atoms with Crippen LogP contribution >= 0.6 is 28.6 Å². The molecule has 0 spiro atoms. The Morgan fingerprint density at radius 2 is 1.56 bits per heavy atom. The van der Waals surface area contributed by atoms with E-state index in [1.807, 2.05) is 0 Å². The fraction of sp³-hybridized carbons (Fsp3) is 0. The van der Waals surface area contributed by atoms with Crippen LogP contribution in [0.4, 0.5) is 29.2 Å². The second-order valence-electron chi connectivity index (χ2n) is 1.87. The maximum absolute atomic E-state index is 10.3. The van der Waals surface area contributed by atoms with E-state index in [4.69, 9.17) is 12.6 Å². The molecule has 3 nitrogen and oxygen atoms in total. The quantitative estimate of drug-likeness (QED) is 0.447. The molecule has 0 fully saturated rings. The SMILES string of the molecule is F.F.F.F.F.O=[N+]([O-])c1ccc(Br)cc1[S]. The highest BCUT2D eigenvalue weighted by Crippen LogP contribution is 2.25. The van der Waals surface area contributed by atoms with E-state index in [0.29, 0.717) is 0 Å². The van der Waals surface area contributed by atoms with Crippen LogP contribution in [0.1, 0.15) is 0 Å². The molecule has 0 amide bonds. The second-order valence-corrected chi connectivity index (χ2v) is 3.22. The van der Waals surface area contributed by atoms with E-state index in [1.54, 1.807) is 6.07 Å². The van der Waals surface area contributed by atoms with E-state index in [-0.39, 0.29) is 34.1 Å². The summed E-state index contributed by atoms with van der Waals surface area (Å²) in [4.78, 5) is 10.0. The van der Waals surface area contributed by atoms with Crippen molar-refractivity contribution < 1.29 is 28.4 Å². The minimum absolute atomic E-state index is 0. The predicted octanol–water partition coefficient (Wildman–Crippen LogP) is 3.68. The molecule has 0 unspecified atom stereocenters. The number of hydrogen-bond donors (Lipinski definition) is 0. The largest absolute Gasteiger partial charge is 0.287 e. The lowest BCUT2D eigenvalue weighted by atomic mass is 10.3. The zero-order valence-electron chi connectivity index (χ0n) is 7.32. The minimum Gasteiger partial charge on any atom is -0.269 e. The Bertz CT molecular complexity index is 317. The summed E-state index contributed by atoms with van der Waals surface area (Å²) in [5.41, 5.74) is -0.0248. The van der Waals surface area contributed by atoms with Crippen molar-refractivity contribution in [2.24, 2.45) is 0 Å². The van der Waals surface area contributed by atoms with E-state index >= 15 is 0 Å². The van der Waals surface area contributed by atoms with Gasteiger partial charge >= 0.3 is 0 Å². The smallest absolute Gasteiger partial charge is 0.269 e. The van der Waals surface area contributed by atoms with Gasteiger partial charge in [-0.25, -0.2) is 0 Å². The van der Waals surface area contributed by atoms with Crippen molar-refractivity contribution >= 4 is 34.2 Å². The van der Waals surface area contributed by atoms with Crippen molar-refractivity contribution in [2.45, 2.75) is 4.90 Å². The molecule has 0 aliphatic carbocycles. The van der Waals surface area contributed by atoms with Crippen molar-refractivity contribution in [3.8, 4) is 0 Å². The van der Waals surface area contributed by atoms with Gasteiger partial charge in [0, 0.05) is 10.5 Å². The van der Waals surface area contributed by atoms with Crippen LogP contribution in [0.25, 0.3) is 0 Å². The maximum atomic E-state index is 10.3. The third-order valence-corrected chi connectivity index (χ3v) is 1.94. The molecule has 0 aliphatic heterocycles. The Balaban J connectivity index is -0.0000000807. The Hall–Kier alpha value is -1.03. The lowest BCUT2D eigenvalue weighted by Crippen LogP contribution is -1.88. The first kappa shape index (κ1) is 29.4. The van der Waals surface area contributed by atoms with Gasteiger partial charge in [0.05, 0.1) is 4.92 Å². The average molecular weight is 333 g/mol. The Kier molecular flexibility index (Phi) is 22.1. The number of rotatable bonds is 1. The van der Waals surface area contributed by atoms with Gasteiger partial charge in [0.25, 0.3) is 5.69 Å². The third-order valence-electron chi connectivity index (χ3n) is 1.12. The maximum Gasteiger partial charge on any atom is 0.287 e. The summed E-state index contributed by atoms with van der Waals surface area (Å²) < 4.78 is 0.758. The molecular formula is C6H8BrF5NO2S. The highest BCUT2D eigenvalue weighted by Gasteiger charge is 2.10. The van der Waals surface area contributed by atoms with Crippen LogP contribution < -0.4 is 0 Å². The number of halogens is 6. The summed E-state index contributed by atoms with van der Waals surface area (Å²) >= 11 is 7.90. The number of nitro groups is 1. The summed E-state index contributed by atoms with van der Waals surface area (Å²) in [6, 6.07) is 4.51. The molecule has 0 atom stereocenters. The lowest BCUT2D eigenvalue weighted by molar-refractivity contribution is -0.387. The van der Waals surface area contributed by atoms with Crippen LogP contribution in [0.2, 0.25) is 0 Å². The summed E-state index contributed by atoms with van der Waals surface area (Å²) in [6.45, 7) is 0. The Morgan fingerprint density at radius 1 is 1.12 bits per heavy atom. The Morgan fingerprint density at radius 3 is 1.88 bits per heavy atom. The van der Waals surface area contributed by atoms with Crippen LogP contribution in [-0.4, -0.2) is 4.92 Å². The molecule has 16 heavy (non-hydrogen) atoms. The van der Waals surface area contributed by atoms with Crippen LogP contribution in [-0.2, 0) is 0 Å². The van der Waals surface area contributed by atoms with E-state index in [9.17, 15) is 10.1 Å². The van der Waals surface area contributed by atoms with E-state index in [2.05, 4.69) is 15.9 Å². The van der Waals surface area contributed by atoms with Crippen LogP contribution in [0.5, 0.6) is 0 Å². The molecule has 0 aromatic heterocycles. The lowest BCUT2D eigenvalue weighted by Gasteiger charge is -1.93. The van der Waals surface area contributed by atoms with Gasteiger partial charge in [-0.3, -0.25) is 33.6 Å². The zero-order valence-corrected chi connectivity index (χ0v) is 9.73. The molecule has 10 heteroatoms. The van der Waals surface area contributed by atoms with Gasteiger partial charge in [0.15, 0.2) is 0 Å². The predicted molar refractivity (Wildman–Crippen MR) is 59.2 cm³/mol. The molecule has 0 bridgehead atoms. The Labute approximate surface area is 101 Å². The monoisotopic (exact) mass is 332 g/mol. The fourth-order valence-corrected chi connectivity index (χ4v) is 1.42. The van der Waals surface area contributed by atoms with Gasteiger partial charge in [-0.1, -0.05) is 28.6 Å². The number of hydrogen-bond acceptors (Lipinski definition) is 2. The second kappa shape index (κ2) is 12.0. The summed E-state index contributed by atoms with van der Waals surface area (Å²) in [7, 11) is 0. The van der Waals surface area contributed by atoms with E-state index in [1.165, 1.54) is 12.1 Å². The highest BCUT2D eigenvalue weighted by molar-refractivity contribution is 9.10. The number of nitrogens with zero attached hydrogens (tertiary/aromatic N) is 1. The van der Waals surface area contributed by atoms with Gasteiger partial charge in [0.2, 0.25) is 0 Å². The normalized spacial score (nSPS) is 6.56. The molecule has 0 N–H and O–H groups in total. The summed E-state index contributed by atoms with van der Waals surface area (Å²) in [6.07, 6.45) is 0. The van der Waals surface area contributed by atoms with Crippen LogP contribution in [0.3, 0.4) is 0 Å². The molecular weight excluding hydrogens is 325 g/mol. The highest BCUT2D eigenvalue weighted by atomic mass is 79.9. The summed E-state index contributed by atoms with van der Waals surface area (Å²) in [5.74, 6) is 0. The van der Waals surface area contributed by atoms with Gasteiger partial charge in [0.1, 0.15) is 4.90 Å². The van der Waals surface area contributed by atoms with Gasteiger partial charge in [-0.05, 0) is 12.1 Å². The topological polar surface area (TPSA) is 43.1 Å². The standard InChI is InChI=1S/C6H3BrNO2S.5FH/c7-4-1-2-5(8(9)10)6(11)3-4;;;;;/h1-3H;5*1H. The molecule has 1 aromatic carbocycles. The van der Waals surface area contributed by atoms with Crippen molar-refractivity contribution in [1.82, 2.24) is 0 Å². The molecule has 1 aromatic rings. The van der Waals surface area contributed by atoms with Gasteiger partial charge in [-0.15, -0.1) is 0 Å².